The van der Waals surface area contributed by atoms with Crippen molar-refractivity contribution in [3.63, 3.8) is 0 Å². The predicted octanol–water partition coefficient (Wildman–Crippen LogP) is -1.24. The van der Waals surface area contributed by atoms with Crippen molar-refractivity contribution in [1.29, 1.82) is 0 Å². The molecule has 14 nitrogen and oxygen atoms in total. The third-order valence-corrected chi connectivity index (χ3v) is 5.34. The summed E-state index contributed by atoms with van der Waals surface area (Å²) >= 11 is 0. The van der Waals surface area contributed by atoms with Crippen molar-refractivity contribution in [2.75, 3.05) is 12.3 Å². The number of ether oxygens (including phenoxy) is 1. The van der Waals surface area contributed by atoms with Crippen LogP contribution >= 0.6 is 7.82 Å². The molecule has 5 atom stereocenters. The van der Waals surface area contributed by atoms with Gasteiger partial charge < -0.3 is 34.6 Å². The van der Waals surface area contributed by atoms with E-state index in [1.165, 1.54) is 35.6 Å². The lowest BCUT2D eigenvalue weighted by molar-refractivity contribution is -0.222. The second kappa shape index (κ2) is 8.26. The molecule has 0 saturated carbocycles. The number of aliphatic hydroxyl groups excluding tert-OH is 2. The van der Waals surface area contributed by atoms with Crippen molar-refractivity contribution in [3.05, 3.63) is 42.7 Å². The van der Waals surface area contributed by atoms with Crippen LogP contribution in [0.1, 0.15) is 16.6 Å². The van der Waals surface area contributed by atoms with Crippen LogP contribution in [0.3, 0.4) is 0 Å². The number of imidazole rings is 1. The average molecular weight is 451 g/mol. The molecule has 15 heteroatoms. The van der Waals surface area contributed by atoms with E-state index in [2.05, 4.69) is 29.0 Å². The Labute approximate surface area is 173 Å². The molecule has 0 aliphatic carbocycles. The minimum Gasteiger partial charge on any atom is -0.746 e. The van der Waals surface area contributed by atoms with Crippen LogP contribution in [0.4, 0.5) is 5.82 Å². The van der Waals surface area contributed by atoms with Crippen molar-refractivity contribution in [2.24, 2.45) is 0 Å². The van der Waals surface area contributed by atoms with Crippen LogP contribution in [0.5, 0.6) is 0 Å². The van der Waals surface area contributed by atoms with Crippen LogP contribution in [0.15, 0.2) is 37.2 Å². The molecule has 1 fully saturated rings. The molecule has 4 N–H and O–H groups in total. The zero-order valence-electron chi connectivity index (χ0n) is 15.6. The number of rotatable bonds is 6. The third-order valence-electron chi connectivity index (χ3n) is 4.49. The third kappa shape index (κ3) is 4.25. The Morgan fingerprint density at radius 3 is 2.87 bits per heavy atom. The van der Waals surface area contributed by atoms with Gasteiger partial charge in [-0.25, -0.2) is 19.7 Å². The molecule has 0 spiro atoms. The van der Waals surface area contributed by atoms with Crippen molar-refractivity contribution in [1.82, 2.24) is 24.5 Å². The molecule has 3 aromatic rings. The summed E-state index contributed by atoms with van der Waals surface area (Å²) < 4.78 is 27.9. The smallest absolute Gasteiger partial charge is 0.345 e. The fraction of sp³-hybridized carbons (Fsp3) is 0.312. The number of nitrogen functional groups attached to an aromatic ring is 1. The summed E-state index contributed by atoms with van der Waals surface area (Å²) in [6, 6.07) is 2.74. The Hall–Kier alpha value is -3.00. The van der Waals surface area contributed by atoms with Crippen LogP contribution in [0.25, 0.3) is 11.2 Å². The van der Waals surface area contributed by atoms with E-state index >= 15 is 0 Å². The monoisotopic (exact) mass is 451 g/mol. The highest BCUT2D eigenvalue weighted by Gasteiger charge is 2.45. The van der Waals surface area contributed by atoms with E-state index in [1.54, 1.807) is 0 Å². The number of aromatic nitrogens is 5. The largest absolute Gasteiger partial charge is 0.746 e. The Kier molecular flexibility index (Phi) is 5.66. The van der Waals surface area contributed by atoms with E-state index in [9.17, 15) is 24.5 Å². The molecular weight excluding hydrogens is 435 g/mol. The van der Waals surface area contributed by atoms with E-state index in [4.69, 9.17) is 10.5 Å². The first-order valence-corrected chi connectivity index (χ1v) is 10.3. The summed E-state index contributed by atoms with van der Waals surface area (Å²) in [7, 11) is -5.09. The van der Waals surface area contributed by atoms with Gasteiger partial charge in [0.15, 0.2) is 17.7 Å². The molecule has 1 unspecified atom stereocenters. The molecule has 164 valence electrons. The van der Waals surface area contributed by atoms with Gasteiger partial charge in [-0.2, -0.15) is 0 Å². The van der Waals surface area contributed by atoms with E-state index in [-0.39, 0.29) is 22.5 Å². The molecule has 0 amide bonds. The van der Waals surface area contributed by atoms with Gasteiger partial charge in [0.25, 0.3) is 0 Å². The Balaban J connectivity index is 1.43. The molecule has 31 heavy (non-hydrogen) atoms. The molecular formula is C16H16N6O8P-. The van der Waals surface area contributed by atoms with E-state index in [1.807, 2.05) is 0 Å². The summed E-state index contributed by atoms with van der Waals surface area (Å²) in [5, 5.41) is 20.6. The van der Waals surface area contributed by atoms with Crippen molar-refractivity contribution in [3.8, 4) is 0 Å². The molecule has 3 aromatic heterocycles. The fourth-order valence-corrected chi connectivity index (χ4v) is 3.67. The number of phosphoric ester groups is 1. The standard InChI is InChI=1S/C16H17N6O8P/c17-13-10-14(20-6-19-13)22(7-21-10)15-12(24)11(23)9(29-15)5-28-31(26,27)30-16(25)8-2-1-3-18-4-8/h1-4,6-7,9,11-12,15,23-24H,5H2,(H,26,27)(H2,17,19,20)/p-1/t9-,11-,12-,15-/m1/s1. The van der Waals surface area contributed by atoms with Gasteiger partial charge in [-0.15, -0.1) is 0 Å². The molecule has 1 saturated heterocycles. The number of nitrogens with two attached hydrogens (primary N) is 1. The number of aliphatic hydroxyl groups is 2. The van der Waals surface area contributed by atoms with Gasteiger partial charge in [-0.3, -0.25) is 14.1 Å². The predicted molar refractivity (Wildman–Crippen MR) is 98.9 cm³/mol. The van der Waals surface area contributed by atoms with Crippen LogP contribution in [-0.4, -0.2) is 65.6 Å². The van der Waals surface area contributed by atoms with Crippen LogP contribution in [0.2, 0.25) is 0 Å². The zero-order chi connectivity index (χ0) is 22.2. The van der Waals surface area contributed by atoms with Crippen LogP contribution < -0.4 is 10.6 Å². The van der Waals surface area contributed by atoms with Crippen molar-refractivity contribution < 1.29 is 38.3 Å². The minimum atomic E-state index is -5.09. The van der Waals surface area contributed by atoms with Gasteiger partial charge in [0.2, 0.25) is 0 Å². The maximum atomic E-state index is 12.0. The summed E-state index contributed by atoms with van der Waals surface area (Å²) in [5.74, 6) is -1.07. The number of hydrogen-bond donors (Lipinski definition) is 3. The van der Waals surface area contributed by atoms with E-state index < -0.39 is 44.9 Å². The molecule has 4 rings (SSSR count). The first-order valence-electron chi connectivity index (χ1n) is 8.81. The van der Waals surface area contributed by atoms with Gasteiger partial charge in [-0.05, 0) is 12.1 Å². The normalized spacial score (nSPS) is 25.4. The van der Waals surface area contributed by atoms with Gasteiger partial charge in [0.1, 0.15) is 30.2 Å². The van der Waals surface area contributed by atoms with Crippen LogP contribution in [0, 0.1) is 0 Å². The number of carbonyl (C=O) groups excluding carboxylic acids is 1. The molecule has 0 aromatic carbocycles. The molecule has 0 bridgehead atoms. The van der Waals surface area contributed by atoms with Gasteiger partial charge in [0, 0.05) is 12.4 Å². The molecule has 4 heterocycles. The van der Waals surface area contributed by atoms with E-state index in [0.29, 0.717) is 0 Å². The number of hydrogen-bond acceptors (Lipinski definition) is 13. The Morgan fingerprint density at radius 2 is 2.13 bits per heavy atom. The second-order valence-electron chi connectivity index (χ2n) is 6.49. The fourth-order valence-electron chi connectivity index (χ4n) is 2.98. The first-order chi connectivity index (χ1) is 14.8. The lowest BCUT2D eigenvalue weighted by Crippen LogP contribution is -2.34. The zero-order valence-corrected chi connectivity index (χ0v) is 16.5. The molecule has 1 aliphatic rings. The van der Waals surface area contributed by atoms with Gasteiger partial charge in [-0.1, -0.05) is 0 Å². The summed E-state index contributed by atoms with van der Waals surface area (Å²) in [6.45, 7) is -0.723. The molecule has 1 aliphatic heterocycles. The summed E-state index contributed by atoms with van der Waals surface area (Å²) in [6.07, 6.45) is -0.413. The Bertz CT molecular complexity index is 1140. The number of fused-ring (bicyclic) bond motifs is 1. The van der Waals surface area contributed by atoms with Gasteiger partial charge in [0.05, 0.1) is 18.5 Å². The van der Waals surface area contributed by atoms with Crippen LogP contribution in [-0.2, 0) is 18.3 Å². The maximum absolute atomic E-state index is 12.0. The minimum absolute atomic E-state index is 0.0944. The molecule has 0 radical (unpaired) electrons. The number of carbonyl (C=O) groups is 1. The topological polar surface area (TPSA) is 208 Å². The highest BCUT2D eigenvalue weighted by Crippen LogP contribution is 2.41. The number of phosphoric acid groups is 1. The van der Waals surface area contributed by atoms with E-state index in [0.717, 1.165) is 6.20 Å². The van der Waals surface area contributed by atoms with Crippen molar-refractivity contribution >= 4 is 30.8 Å². The highest BCUT2D eigenvalue weighted by atomic mass is 31.2. The van der Waals surface area contributed by atoms with Crippen molar-refractivity contribution in [2.45, 2.75) is 24.5 Å². The first kappa shape index (κ1) is 21.2. The SMILES string of the molecule is Nc1ncnc2c1ncn2[C@@H]1O[C@H](COP(=O)([O-])OC(=O)c2cccnc2)[C@@H](O)[C@H]1O. The number of nitrogens with zero attached hydrogens (tertiary/aromatic N) is 5. The Morgan fingerprint density at radius 1 is 1.32 bits per heavy atom. The lowest BCUT2D eigenvalue weighted by Gasteiger charge is -2.24. The maximum Gasteiger partial charge on any atom is 0.345 e. The average Bonchev–Trinajstić information content (AvgIpc) is 3.29. The van der Waals surface area contributed by atoms with Gasteiger partial charge >= 0.3 is 13.8 Å². The lowest BCUT2D eigenvalue weighted by atomic mass is 10.1. The highest BCUT2D eigenvalue weighted by molar-refractivity contribution is 7.46. The number of anilines is 1. The number of pyridine rings is 1. The summed E-state index contributed by atoms with van der Waals surface area (Å²) in [5.41, 5.74) is 6.13. The quantitative estimate of drug-likeness (QED) is 0.375. The summed E-state index contributed by atoms with van der Waals surface area (Å²) in [4.78, 5) is 39.4. The second-order valence-corrected chi connectivity index (χ2v) is 7.83.